The zero-order chi connectivity index (χ0) is 7.56. The molecule has 0 saturated heterocycles. The maximum Gasteiger partial charge on any atom is 0.195 e. The highest BCUT2D eigenvalue weighted by Gasteiger charge is 1.98. The first-order valence-corrected chi connectivity index (χ1v) is 3.84. The fourth-order valence-electron chi connectivity index (χ4n) is 0.946. The molecule has 1 aromatic heterocycles. The molecule has 1 N–H and O–H groups in total. The van der Waals surface area contributed by atoms with Crippen molar-refractivity contribution in [3.05, 3.63) is 10.6 Å². The third-order valence-corrected chi connectivity index (χ3v) is 1.78. The van der Waals surface area contributed by atoms with E-state index in [4.69, 9.17) is 12.2 Å². The highest BCUT2D eigenvalue weighted by molar-refractivity contribution is 7.71. The minimum Gasteiger partial charge on any atom is -0.304 e. The Labute approximate surface area is 65.1 Å². The van der Waals surface area contributed by atoms with Crippen LogP contribution in [0.3, 0.4) is 0 Å². The summed E-state index contributed by atoms with van der Waals surface area (Å²) in [6, 6.07) is 0. The van der Waals surface area contributed by atoms with E-state index in [-0.39, 0.29) is 0 Å². The molecule has 4 heteroatoms. The number of hydrogen-bond acceptors (Lipinski definition) is 2. The van der Waals surface area contributed by atoms with Crippen LogP contribution in [0.2, 0.25) is 0 Å². The van der Waals surface area contributed by atoms with Gasteiger partial charge in [0.2, 0.25) is 0 Å². The Morgan fingerprint density at radius 1 is 1.60 bits per heavy atom. The van der Waals surface area contributed by atoms with Crippen molar-refractivity contribution < 1.29 is 0 Å². The fourth-order valence-corrected chi connectivity index (χ4v) is 1.23. The van der Waals surface area contributed by atoms with E-state index >= 15 is 0 Å². The summed E-state index contributed by atoms with van der Waals surface area (Å²) in [5, 5.41) is 6.81. The summed E-state index contributed by atoms with van der Waals surface area (Å²) < 4.78 is 2.72. The molecule has 0 aliphatic carbocycles. The standard InChI is InChI=1S/C6H11N3S/c1-3-5-7-8-6(10)9(5)4-2/h3-4H2,1-2H3,(H,8,10). The summed E-state index contributed by atoms with van der Waals surface area (Å²) in [5.74, 6) is 1.03. The topological polar surface area (TPSA) is 33.6 Å². The number of rotatable bonds is 2. The molecule has 0 fully saturated rings. The summed E-state index contributed by atoms with van der Waals surface area (Å²) >= 11 is 4.98. The minimum atomic E-state index is 0.722. The van der Waals surface area contributed by atoms with E-state index in [9.17, 15) is 0 Å². The third-order valence-electron chi connectivity index (χ3n) is 1.47. The van der Waals surface area contributed by atoms with Crippen molar-refractivity contribution in [2.45, 2.75) is 26.8 Å². The fraction of sp³-hybridized carbons (Fsp3) is 0.667. The van der Waals surface area contributed by atoms with Crippen LogP contribution in [0.25, 0.3) is 0 Å². The molecule has 56 valence electrons. The molecule has 0 radical (unpaired) electrons. The highest BCUT2D eigenvalue weighted by Crippen LogP contribution is 1.97. The zero-order valence-corrected chi connectivity index (χ0v) is 7.03. The maximum atomic E-state index is 4.98. The average molecular weight is 157 g/mol. The van der Waals surface area contributed by atoms with E-state index in [2.05, 4.69) is 24.0 Å². The van der Waals surface area contributed by atoms with Crippen molar-refractivity contribution in [2.75, 3.05) is 0 Å². The van der Waals surface area contributed by atoms with Crippen molar-refractivity contribution in [1.29, 1.82) is 0 Å². The number of nitrogens with zero attached hydrogens (tertiary/aromatic N) is 2. The largest absolute Gasteiger partial charge is 0.304 e. The summed E-state index contributed by atoms with van der Waals surface area (Å²) in [4.78, 5) is 0. The normalized spacial score (nSPS) is 10.2. The number of hydrogen-bond donors (Lipinski definition) is 1. The van der Waals surface area contributed by atoms with Gasteiger partial charge >= 0.3 is 0 Å². The first-order valence-electron chi connectivity index (χ1n) is 3.43. The summed E-state index contributed by atoms with van der Waals surface area (Å²) in [6.45, 7) is 5.03. The number of H-pyrrole nitrogens is 1. The molecule has 0 amide bonds. The lowest BCUT2D eigenvalue weighted by Gasteiger charge is -1.97. The molecule has 10 heavy (non-hydrogen) atoms. The Bertz CT molecular complexity index is 260. The Balaban J connectivity index is 3.13. The van der Waals surface area contributed by atoms with Gasteiger partial charge in [0, 0.05) is 13.0 Å². The van der Waals surface area contributed by atoms with Crippen molar-refractivity contribution in [1.82, 2.24) is 14.8 Å². The van der Waals surface area contributed by atoms with Crippen LogP contribution in [-0.4, -0.2) is 14.8 Å². The van der Waals surface area contributed by atoms with Crippen LogP contribution in [0.4, 0.5) is 0 Å². The van der Waals surface area contributed by atoms with Crippen LogP contribution < -0.4 is 0 Å². The van der Waals surface area contributed by atoms with Gasteiger partial charge in [-0.2, -0.15) is 5.10 Å². The van der Waals surface area contributed by atoms with Crippen LogP contribution in [0.15, 0.2) is 0 Å². The molecular weight excluding hydrogens is 146 g/mol. The second-order valence-corrected chi connectivity index (χ2v) is 2.43. The second kappa shape index (κ2) is 2.96. The van der Waals surface area contributed by atoms with Crippen LogP contribution in [0.1, 0.15) is 19.7 Å². The molecule has 0 bridgehead atoms. The van der Waals surface area contributed by atoms with E-state index < -0.39 is 0 Å². The van der Waals surface area contributed by atoms with Gasteiger partial charge in [0.25, 0.3) is 0 Å². The Kier molecular flexibility index (Phi) is 2.21. The summed E-state index contributed by atoms with van der Waals surface area (Å²) in [5.41, 5.74) is 0. The third kappa shape index (κ3) is 1.11. The second-order valence-electron chi connectivity index (χ2n) is 2.04. The first kappa shape index (κ1) is 7.47. The highest BCUT2D eigenvalue weighted by atomic mass is 32.1. The quantitative estimate of drug-likeness (QED) is 0.660. The Hall–Kier alpha value is -0.640. The molecule has 0 saturated carbocycles. The molecule has 3 nitrogen and oxygen atoms in total. The van der Waals surface area contributed by atoms with Crippen molar-refractivity contribution in [3.8, 4) is 0 Å². The van der Waals surface area contributed by atoms with Crippen molar-refractivity contribution >= 4 is 12.2 Å². The Morgan fingerprint density at radius 3 is 2.70 bits per heavy atom. The van der Waals surface area contributed by atoms with E-state index in [1.54, 1.807) is 0 Å². The minimum absolute atomic E-state index is 0.722. The molecule has 1 rings (SSSR count). The lowest BCUT2D eigenvalue weighted by molar-refractivity contribution is 0.697. The van der Waals surface area contributed by atoms with E-state index in [0.29, 0.717) is 0 Å². The van der Waals surface area contributed by atoms with Gasteiger partial charge in [-0.25, -0.2) is 0 Å². The lowest BCUT2D eigenvalue weighted by Crippen LogP contribution is -1.99. The van der Waals surface area contributed by atoms with E-state index in [1.165, 1.54) is 0 Å². The molecular formula is C6H11N3S. The van der Waals surface area contributed by atoms with Crippen molar-refractivity contribution in [3.63, 3.8) is 0 Å². The van der Waals surface area contributed by atoms with Crippen LogP contribution in [0.5, 0.6) is 0 Å². The smallest absolute Gasteiger partial charge is 0.195 e. The van der Waals surface area contributed by atoms with Gasteiger partial charge in [-0.05, 0) is 19.1 Å². The number of aryl methyl sites for hydroxylation is 1. The predicted molar refractivity (Wildman–Crippen MR) is 42.5 cm³/mol. The van der Waals surface area contributed by atoms with Gasteiger partial charge in [0.05, 0.1) is 0 Å². The first-order chi connectivity index (χ1) is 4.79. The molecule has 0 atom stereocenters. The summed E-state index contributed by atoms with van der Waals surface area (Å²) in [6.07, 6.45) is 0.932. The van der Waals surface area contributed by atoms with Gasteiger partial charge in [-0.15, -0.1) is 0 Å². The molecule has 0 aromatic carbocycles. The monoisotopic (exact) mass is 157 g/mol. The van der Waals surface area contributed by atoms with E-state index in [0.717, 1.165) is 23.6 Å². The van der Waals surface area contributed by atoms with Gasteiger partial charge in [-0.3, -0.25) is 5.10 Å². The molecule has 1 aromatic rings. The predicted octanol–water partition coefficient (Wildman–Crippen LogP) is 1.52. The lowest BCUT2D eigenvalue weighted by atomic mass is 10.4. The Morgan fingerprint density at radius 2 is 2.30 bits per heavy atom. The molecule has 0 unspecified atom stereocenters. The van der Waals surface area contributed by atoms with Crippen LogP contribution >= 0.6 is 12.2 Å². The average Bonchev–Trinajstić information content (AvgIpc) is 2.30. The molecule has 0 aliphatic heterocycles. The van der Waals surface area contributed by atoms with Crippen LogP contribution in [0, 0.1) is 4.77 Å². The van der Waals surface area contributed by atoms with E-state index in [1.807, 2.05) is 4.57 Å². The van der Waals surface area contributed by atoms with Crippen molar-refractivity contribution in [2.24, 2.45) is 0 Å². The van der Waals surface area contributed by atoms with Gasteiger partial charge in [-0.1, -0.05) is 6.92 Å². The maximum absolute atomic E-state index is 4.98. The number of nitrogens with one attached hydrogen (secondary N) is 1. The SMILES string of the molecule is CCc1n[nH]c(=S)n1CC. The molecule has 0 spiro atoms. The zero-order valence-electron chi connectivity index (χ0n) is 6.22. The van der Waals surface area contributed by atoms with Gasteiger partial charge in [0.15, 0.2) is 4.77 Å². The number of aromatic nitrogens is 3. The number of aromatic amines is 1. The molecule has 0 aliphatic rings. The van der Waals surface area contributed by atoms with Gasteiger partial charge < -0.3 is 4.57 Å². The van der Waals surface area contributed by atoms with Gasteiger partial charge in [0.1, 0.15) is 5.82 Å². The van der Waals surface area contributed by atoms with Crippen LogP contribution in [-0.2, 0) is 13.0 Å². The molecule has 1 heterocycles. The summed E-state index contributed by atoms with van der Waals surface area (Å²) in [7, 11) is 0.